The number of hydrogen-bond donors (Lipinski definition) is 3. The monoisotopic (exact) mass is 401 g/mol. The van der Waals surface area contributed by atoms with Crippen LogP contribution in [0.25, 0.3) is 10.9 Å². The second-order valence-corrected chi connectivity index (χ2v) is 7.67. The minimum absolute atomic E-state index is 0.579. The summed E-state index contributed by atoms with van der Waals surface area (Å²) in [6.45, 7) is 5.69. The summed E-state index contributed by atoms with van der Waals surface area (Å²) in [4.78, 5) is 8.59. The highest BCUT2D eigenvalue weighted by Crippen LogP contribution is 2.27. The predicted octanol–water partition coefficient (Wildman–Crippen LogP) is 5.05. The zero-order chi connectivity index (χ0) is 20.9. The van der Waals surface area contributed by atoms with Crippen LogP contribution in [0, 0.1) is 0 Å². The number of amidine groups is 1. The van der Waals surface area contributed by atoms with E-state index in [4.69, 9.17) is 0 Å². The first-order chi connectivity index (χ1) is 14.6. The second-order valence-electron chi connectivity index (χ2n) is 7.67. The number of benzene rings is 1. The topological polar surface area (TPSA) is 85.7 Å². The average Bonchev–Trinajstić information content (AvgIpc) is 3.33. The molecule has 0 amide bonds. The number of aliphatic imine (C=N–C) groups is 2. The second kappa shape index (κ2) is 9.05. The normalized spacial score (nSPS) is 20.1. The van der Waals surface area contributed by atoms with E-state index in [2.05, 4.69) is 56.4 Å². The summed E-state index contributed by atoms with van der Waals surface area (Å²) in [6.07, 6.45) is 14.7. The molecular formula is C24H27N5O. The summed E-state index contributed by atoms with van der Waals surface area (Å²) in [5, 5.41) is 21.2. The van der Waals surface area contributed by atoms with E-state index in [1.807, 2.05) is 24.4 Å². The molecule has 6 nitrogen and oxygen atoms in total. The van der Waals surface area contributed by atoms with E-state index >= 15 is 0 Å². The molecule has 0 saturated heterocycles. The van der Waals surface area contributed by atoms with Crippen molar-refractivity contribution in [3.63, 3.8) is 0 Å². The van der Waals surface area contributed by atoms with E-state index in [1.165, 1.54) is 18.4 Å². The zero-order valence-electron chi connectivity index (χ0n) is 17.2. The Hall–Kier alpha value is -3.25. The molecular weight excluding hydrogens is 374 g/mol. The SMILES string of the molecule is C=C1C/C(=N\C(C)O)N=C1/C=C\C=C(/Nc1ccc2[nH]ncc2c1)C1=CCCCC1. The van der Waals surface area contributed by atoms with Gasteiger partial charge in [-0.1, -0.05) is 18.7 Å². The third-order valence-electron chi connectivity index (χ3n) is 5.19. The molecule has 30 heavy (non-hydrogen) atoms. The summed E-state index contributed by atoms with van der Waals surface area (Å²) >= 11 is 0. The van der Waals surface area contributed by atoms with Crippen LogP contribution in [0.4, 0.5) is 5.69 Å². The third-order valence-corrected chi connectivity index (χ3v) is 5.19. The standard InChI is InChI=1S/C24H27N5O/c1-16-13-24(26-17(2)30)28-21(16)9-6-10-22(18-7-4-3-5-8-18)27-20-11-12-23-19(14-20)15-25-29-23/h6-7,9-12,14-15,17,27,30H,1,3-5,8,13H2,2H3,(H,25,29)/b9-6-,22-10-,26-24+. The van der Waals surface area contributed by atoms with Gasteiger partial charge < -0.3 is 10.4 Å². The molecule has 4 rings (SSSR count). The minimum atomic E-state index is -0.749. The average molecular weight is 402 g/mol. The lowest BCUT2D eigenvalue weighted by Gasteiger charge is -2.18. The van der Waals surface area contributed by atoms with Gasteiger partial charge in [0.25, 0.3) is 0 Å². The number of aromatic nitrogens is 2. The molecule has 6 heteroatoms. The first-order valence-corrected chi connectivity index (χ1v) is 10.4. The van der Waals surface area contributed by atoms with Gasteiger partial charge in [0.15, 0.2) is 0 Å². The number of anilines is 1. The van der Waals surface area contributed by atoms with E-state index in [1.54, 1.807) is 6.92 Å². The van der Waals surface area contributed by atoms with Crippen molar-refractivity contribution < 1.29 is 5.11 Å². The van der Waals surface area contributed by atoms with Gasteiger partial charge in [-0.05, 0) is 74.1 Å². The quantitative estimate of drug-likeness (QED) is 0.592. The van der Waals surface area contributed by atoms with Crippen molar-refractivity contribution in [1.29, 1.82) is 0 Å². The van der Waals surface area contributed by atoms with Crippen LogP contribution in [0.15, 0.2) is 82.1 Å². The van der Waals surface area contributed by atoms with Gasteiger partial charge >= 0.3 is 0 Å². The largest absolute Gasteiger partial charge is 0.372 e. The molecule has 0 radical (unpaired) electrons. The highest BCUT2D eigenvalue weighted by atomic mass is 16.3. The highest BCUT2D eigenvalue weighted by Gasteiger charge is 2.15. The van der Waals surface area contributed by atoms with Gasteiger partial charge in [-0.2, -0.15) is 5.10 Å². The number of allylic oxidation sites excluding steroid dienone is 5. The van der Waals surface area contributed by atoms with E-state index in [0.29, 0.717) is 12.3 Å². The summed E-state index contributed by atoms with van der Waals surface area (Å²) < 4.78 is 0. The Balaban J connectivity index is 1.57. The van der Waals surface area contributed by atoms with Gasteiger partial charge in [0.1, 0.15) is 12.1 Å². The van der Waals surface area contributed by atoms with Crippen LogP contribution in [0.1, 0.15) is 39.0 Å². The summed E-state index contributed by atoms with van der Waals surface area (Å²) in [7, 11) is 0. The lowest BCUT2D eigenvalue weighted by molar-refractivity contribution is 0.205. The number of rotatable bonds is 6. The van der Waals surface area contributed by atoms with Gasteiger partial charge in [-0.3, -0.25) is 5.10 Å². The number of aromatic amines is 1. The molecule has 1 unspecified atom stereocenters. The summed E-state index contributed by atoms with van der Waals surface area (Å²) in [5.41, 5.74) is 6.20. The van der Waals surface area contributed by atoms with Crippen LogP contribution in [-0.4, -0.2) is 33.1 Å². The van der Waals surface area contributed by atoms with Crippen LogP contribution >= 0.6 is 0 Å². The number of nitrogens with one attached hydrogen (secondary N) is 2. The number of nitrogens with zero attached hydrogens (tertiary/aromatic N) is 3. The minimum Gasteiger partial charge on any atom is -0.372 e. The molecule has 0 spiro atoms. The number of H-pyrrole nitrogens is 1. The van der Waals surface area contributed by atoms with Crippen molar-refractivity contribution in [3.05, 3.63) is 72.1 Å². The summed E-state index contributed by atoms with van der Waals surface area (Å²) in [6, 6.07) is 6.19. The maximum Gasteiger partial charge on any atom is 0.144 e. The Morgan fingerprint density at radius 1 is 1.37 bits per heavy atom. The van der Waals surface area contributed by atoms with Crippen molar-refractivity contribution >= 4 is 28.1 Å². The van der Waals surface area contributed by atoms with Crippen molar-refractivity contribution in [1.82, 2.24) is 10.2 Å². The fraction of sp³-hybridized carbons (Fsp3) is 0.292. The number of aliphatic hydroxyl groups excluding tert-OH is 1. The molecule has 2 heterocycles. The van der Waals surface area contributed by atoms with Gasteiger partial charge in [-0.15, -0.1) is 0 Å². The van der Waals surface area contributed by atoms with Gasteiger partial charge in [0.2, 0.25) is 0 Å². The van der Waals surface area contributed by atoms with Crippen molar-refractivity contribution in [2.24, 2.45) is 9.98 Å². The molecule has 3 N–H and O–H groups in total. The lowest BCUT2D eigenvalue weighted by atomic mass is 9.96. The Morgan fingerprint density at radius 2 is 2.27 bits per heavy atom. The third kappa shape index (κ3) is 4.83. The number of aliphatic hydroxyl groups is 1. The van der Waals surface area contributed by atoms with Crippen molar-refractivity contribution in [2.45, 2.75) is 45.3 Å². The Morgan fingerprint density at radius 3 is 3.07 bits per heavy atom. The molecule has 2 aromatic rings. The first kappa shape index (κ1) is 20.0. The Bertz CT molecular complexity index is 1100. The van der Waals surface area contributed by atoms with E-state index in [0.717, 1.165) is 46.4 Å². The smallest absolute Gasteiger partial charge is 0.144 e. The first-order valence-electron chi connectivity index (χ1n) is 10.4. The fourth-order valence-corrected chi connectivity index (χ4v) is 3.71. The van der Waals surface area contributed by atoms with Crippen LogP contribution < -0.4 is 5.32 Å². The highest BCUT2D eigenvalue weighted by molar-refractivity contribution is 6.20. The fourth-order valence-electron chi connectivity index (χ4n) is 3.71. The Labute approximate surface area is 176 Å². The van der Waals surface area contributed by atoms with E-state index in [9.17, 15) is 5.11 Å². The number of fused-ring (bicyclic) bond motifs is 1. The zero-order valence-corrected chi connectivity index (χ0v) is 17.2. The predicted molar refractivity (Wildman–Crippen MR) is 124 cm³/mol. The van der Waals surface area contributed by atoms with Gasteiger partial charge in [-0.25, -0.2) is 9.98 Å². The van der Waals surface area contributed by atoms with E-state index in [-0.39, 0.29) is 0 Å². The maximum atomic E-state index is 9.44. The molecule has 1 aliphatic carbocycles. The van der Waals surface area contributed by atoms with Crippen molar-refractivity contribution in [2.75, 3.05) is 5.32 Å². The number of hydrogen-bond acceptors (Lipinski definition) is 4. The molecule has 1 aromatic heterocycles. The lowest BCUT2D eigenvalue weighted by Crippen LogP contribution is -2.05. The molecule has 1 atom stereocenters. The summed E-state index contributed by atoms with van der Waals surface area (Å²) in [5.74, 6) is 0.625. The van der Waals surface area contributed by atoms with Gasteiger partial charge in [0.05, 0.1) is 17.4 Å². The van der Waals surface area contributed by atoms with Crippen LogP contribution in [0.3, 0.4) is 0 Å². The maximum absolute atomic E-state index is 9.44. The molecule has 0 fully saturated rings. The van der Waals surface area contributed by atoms with Crippen LogP contribution in [0.2, 0.25) is 0 Å². The molecule has 1 aliphatic heterocycles. The van der Waals surface area contributed by atoms with Gasteiger partial charge in [0, 0.05) is 23.2 Å². The van der Waals surface area contributed by atoms with E-state index < -0.39 is 6.23 Å². The molecule has 0 saturated carbocycles. The van der Waals surface area contributed by atoms with Crippen LogP contribution in [0.5, 0.6) is 0 Å². The molecule has 0 bridgehead atoms. The molecule has 2 aliphatic rings. The molecule has 154 valence electrons. The van der Waals surface area contributed by atoms with Crippen LogP contribution in [-0.2, 0) is 0 Å². The molecule has 1 aromatic carbocycles. The van der Waals surface area contributed by atoms with Crippen molar-refractivity contribution in [3.8, 4) is 0 Å². The Kier molecular flexibility index (Phi) is 6.05.